The number of fused-ring (bicyclic) bond motifs is 5. The van der Waals surface area contributed by atoms with Gasteiger partial charge in [0.05, 0.1) is 5.69 Å². The number of aryl methyl sites for hydroxylation is 1. The minimum atomic E-state index is 0.228. The Morgan fingerprint density at radius 2 is 1.80 bits per heavy atom. The number of hydrogen-bond donors (Lipinski definition) is 0. The van der Waals surface area contributed by atoms with Crippen LogP contribution in [0.2, 0.25) is 0 Å². The molecule has 1 aromatic heterocycles. The zero-order valence-corrected chi connectivity index (χ0v) is 15.9. The Labute approximate surface area is 149 Å². The first kappa shape index (κ1) is 15.3. The highest BCUT2D eigenvalue weighted by Gasteiger charge is 2.62. The first-order chi connectivity index (χ1) is 11.8. The number of anilines is 1. The molecule has 25 heavy (non-hydrogen) atoms. The maximum absolute atomic E-state index is 6.40. The Hall–Kier alpha value is -1.96. The van der Waals surface area contributed by atoms with Crippen molar-refractivity contribution in [2.45, 2.75) is 59.0 Å². The summed E-state index contributed by atoms with van der Waals surface area (Å²) in [6.45, 7) is 12.0. The molecule has 3 aromatic rings. The average molecular weight is 333 g/mol. The fourth-order valence-electron chi connectivity index (χ4n) is 6.10. The van der Waals surface area contributed by atoms with E-state index in [-0.39, 0.29) is 5.54 Å². The number of nitrogens with zero attached hydrogens (tertiary/aromatic N) is 1. The summed E-state index contributed by atoms with van der Waals surface area (Å²) in [6.07, 6.45) is 2.54. The quantitative estimate of drug-likeness (QED) is 0.520. The van der Waals surface area contributed by atoms with Crippen molar-refractivity contribution < 1.29 is 4.42 Å². The van der Waals surface area contributed by atoms with Crippen LogP contribution in [0.1, 0.15) is 46.1 Å². The summed E-state index contributed by atoms with van der Waals surface area (Å²) in [7, 11) is 0. The van der Waals surface area contributed by atoms with E-state index in [9.17, 15) is 0 Å². The van der Waals surface area contributed by atoms with Gasteiger partial charge in [-0.2, -0.15) is 0 Å². The van der Waals surface area contributed by atoms with Crippen molar-refractivity contribution >= 4 is 27.6 Å². The third-order valence-electron chi connectivity index (χ3n) is 7.52. The van der Waals surface area contributed by atoms with Gasteiger partial charge in [0, 0.05) is 22.4 Å². The Morgan fingerprint density at radius 1 is 1.04 bits per heavy atom. The predicted octanol–water partition coefficient (Wildman–Crippen LogP) is 6.30. The predicted molar refractivity (Wildman–Crippen MR) is 105 cm³/mol. The Kier molecular flexibility index (Phi) is 2.82. The largest absolute Gasteiger partial charge is 0.454 e. The zero-order valence-electron chi connectivity index (χ0n) is 15.9. The fraction of sp³-hybridized carbons (Fsp3) is 0.478. The summed E-state index contributed by atoms with van der Waals surface area (Å²) in [5.74, 6) is 0.777. The molecule has 0 N–H and O–H groups in total. The Bertz CT molecular complexity index is 1000. The number of hydrogen-bond acceptors (Lipinski definition) is 2. The fourth-order valence-corrected chi connectivity index (χ4v) is 6.10. The van der Waals surface area contributed by atoms with E-state index in [0.717, 1.165) is 17.1 Å². The molecular formula is C23H27NO. The third-order valence-corrected chi connectivity index (χ3v) is 7.52. The lowest BCUT2D eigenvalue weighted by Gasteiger charge is -2.47. The van der Waals surface area contributed by atoms with Gasteiger partial charge in [-0.15, -0.1) is 0 Å². The summed E-state index contributed by atoms with van der Waals surface area (Å²) in [6, 6.07) is 13.4. The van der Waals surface area contributed by atoms with Crippen LogP contribution in [-0.4, -0.2) is 11.6 Å². The van der Waals surface area contributed by atoms with E-state index in [4.69, 9.17) is 4.42 Å². The van der Waals surface area contributed by atoms with E-state index in [0.29, 0.717) is 11.5 Å². The van der Waals surface area contributed by atoms with Gasteiger partial charge in [0.2, 0.25) is 0 Å². The van der Waals surface area contributed by atoms with Gasteiger partial charge in [-0.05, 0) is 56.6 Å². The molecule has 4 atom stereocenters. The second-order valence-corrected chi connectivity index (χ2v) is 9.04. The topological polar surface area (TPSA) is 16.4 Å². The lowest BCUT2D eigenvalue weighted by Crippen LogP contribution is -2.51. The van der Waals surface area contributed by atoms with Crippen molar-refractivity contribution in [3.63, 3.8) is 0 Å². The molecule has 3 unspecified atom stereocenters. The van der Waals surface area contributed by atoms with Crippen molar-refractivity contribution in [3.05, 3.63) is 42.0 Å². The summed E-state index contributed by atoms with van der Waals surface area (Å²) in [5.41, 5.74) is 5.31. The molecule has 130 valence electrons. The van der Waals surface area contributed by atoms with Gasteiger partial charge in [0.15, 0.2) is 5.58 Å². The van der Waals surface area contributed by atoms with E-state index in [2.05, 4.69) is 75.9 Å². The van der Waals surface area contributed by atoms with Crippen LogP contribution in [0.25, 0.3) is 21.9 Å². The Balaban J connectivity index is 1.80. The molecule has 1 aliphatic carbocycles. The summed E-state index contributed by atoms with van der Waals surface area (Å²) in [5, 5.41) is 2.47. The molecule has 2 bridgehead atoms. The molecule has 2 aromatic carbocycles. The number of para-hydroxylation sites is 1. The number of rotatable bonds is 1. The maximum atomic E-state index is 6.40. The molecule has 2 heteroatoms. The highest BCUT2D eigenvalue weighted by atomic mass is 16.3. The zero-order chi connectivity index (χ0) is 17.6. The SMILES string of the molecule is Cc1ccc2c(oc3ccccc32)c1N1[C@@H](C)C2(C)CC1(C)CC2C. The van der Waals surface area contributed by atoms with Crippen LogP contribution in [0.3, 0.4) is 0 Å². The van der Waals surface area contributed by atoms with Crippen molar-refractivity contribution in [2.24, 2.45) is 11.3 Å². The molecule has 0 radical (unpaired) electrons. The van der Waals surface area contributed by atoms with E-state index in [1.807, 2.05) is 0 Å². The molecule has 2 aliphatic rings. The lowest BCUT2D eigenvalue weighted by molar-refractivity contribution is 0.200. The lowest BCUT2D eigenvalue weighted by atomic mass is 9.75. The highest BCUT2D eigenvalue weighted by Crippen LogP contribution is 2.62. The first-order valence-corrected chi connectivity index (χ1v) is 9.55. The molecule has 1 saturated carbocycles. The molecule has 1 aliphatic heterocycles. The number of benzene rings is 2. The second kappa shape index (κ2) is 4.60. The molecular weight excluding hydrogens is 306 g/mol. The molecule has 0 spiro atoms. The van der Waals surface area contributed by atoms with Gasteiger partial charge in [-0.3, -0.25) is 0 Å². The van der Waals surface area contributed by atoms with Gasteiger partial charge in [0.1, 0.15) is 5.58 Å². The summed E-state index contributed by atoms with van der Waals surface area (Å²) < 4.78 is 6.40. The molecule has 2 nitrogen and oxygen atoms in total. The number of furan rings is 1. The molecule has 2 fully saturated rings. The number of piperidine rings is 1. The van der Waals surface area contributed by atoms with E-state index in [1.165, 1.54) is 34.9 Å². The minimum absolute atomic E-state index is 0.228. The summed E-state index contributed by atoms with van der Waals surface area (Å²) in [4.78, 5) is 2.70. The molecule has 5 rings (SSSR count). The van der Waals surface area contributed by atoms with Crippen LogP contribution < -0.4 is 4.90 Å². The van der Waals surface area contributed by atoms with Gasteiger partial charge in [-0.1, -0.05) is 44.2 Å². The van der Waals surface area contributed by atoms with E-state index < -0.39 is 0 Å². The van der Waals surface area contributed by atoms with Crippen LogP contribution in [-0.2, 0) is 0 Å². The van der Waals surface area contributed by atoms with E-state index >= 15 is 0 Å². The van der Waals surface area contributed by atoms with Gasteiger partial charge in [0.25, 0.3) is 0 Å². The van der Waals surface area contributed by atoms with Crippen LogP contribution in [0.5, 0.6) is 0 Å². The molecule has 1 saturated heterocycles. The highest BCUT2D eigenvalue weighted by molar-refractivity contribution is 6.09. The van der Waals surface area contributed by atoms with Crippen LogP contribution in [0, 0.1) is 18.3 Å². The standard InChI is InChI=1S/C23H27NO/c1-14-10-11-18-17-8-6-7-9-19(17)25-21(18)20(14)24-16(3)23(5)13-22(24,4)12-15(23)2/h6-11,15-16H,12-13H2,1-5H3/t15?,16-,22?,23?/m0/s1. The maximum Gasteiger partial charge on any atom is 0.158 e. The van der Waals surface area contributed by atoms with Crippen LogP contribution in [0.15, 0.2) is 40.8 Å². The van der Waals surface area contributed by atoms with Crippen LogP contribution in [0.4, 0.5) is 5.69 Å². The summed E-state index contributed by atoms with van der Waals surface area (Å²) >= 11 is 0. The normalized spacial score (nSPS) is 34.5. The monoisotopic (exact) mass is 333 g/mol. The van der Waals surface area contributed by atoms with Crippen molar-refractivity contribution in [1.82, 2.24) is 0 Å². The van der Waals surface area contributed by atoms with Crippen molar-refractivity contribution in [1.29, 1.82) is 0 Å². The third kappa shape index (κ3) is 1.75. The smallest absolute Gasteiger partial charge is 0.158 e. The second-order valence-electron chi connectivity index (χ2n) is 9.04. The Morgan fingerprint density at radius 3 is 2.52 bits per heavy atom. The van der Waals surface area contributed by atoms with Gasteiger partial charge >= 0.3 is 0 Å². The van der Waals surface area contributed by atoms with Crippen molar-refractivity contribution in [2.75, 3.05) is 4.90 Å². The van der Waals surface area contributed by atoms with E-state index in [1.54, 1.807) is 0 Å². The van der Waals surface area contributed by atoms with Crippen LogP contribution >= 0.6 is 0 Å². The van der Waals surface area contributed by atoms with Gasteiger partial charge in [-0.25, -0.2) is 0 Å². The minimum Gasteiger partial charge on any atom is -0.454 e. The molecule has 2 heterocycles. The van der Waals surface area contributed by atoms with Crippen molar-refractivity contribution in [3.8, 4) is 0 Å². The first-order valence-electron chi connectivity index (χ1n) is 9.55. The van der Waals surface area contributed by atoms with Gasteiger partial charge < -0.3 is 9.32 Å². The molecule has 0 amide bonds. The average Bonchev–Trinajstić information content (AvgIpc) is 3.11.